The highest BCUT2D eigenvalue weighted by molar-refractivity contribution is 5.99. The number of hydrogen-bond acceptors (Lipinski definition) is 13. The Bertz CT molecular complexity index is 2490. The highest BCUT2D eigenvalue weighted by atomic mass is 16.5. The third kappa shape index (κ3) is 16.7. The second-order valence-electron chi connectivity index (χ2n) is 19.8. The Balaban J connectivity index is 1.62. The molecule has 2 aliphatic rings. The summed E-state index contributed by atoms with van der Waals surface area (Å²) in [7, 11) is 2.85. The van der Waals surface area contributed by atoms with Crippen molar-refractivity contribution in [3.63, 3.8) is 0 Å². The van der Waals surface area contributed by atoms with Crippen molar-refractivity contribution in [1.82, 2.24) is 36.4 Å². The van der Waals surface area contributed by atoms with Crippen molar-refractivity contribution in [2.45, 2.75) is 159 Å². The first-order chi connectivity index (χ1) is 36.2. The van der Waals surface area contributed by atoms with E-state index in [1.54, 1.807) is 68.4 Å². The minimum Gasteiger partial charge on any atom is -0.508 e. The Morgan fingerprint density at radius 1 is 0.763 bits per heavy atom. The highest BCUT2D eigenvalue weighted by Crippen LogP contribution is 2.26. The minimum atomic E-state index is -1.90. The van der Waals surface area contributed by atoms with Crippen LogP contribution in [0.3, 0.4) is 0 Å². The van der Waals surface area contributed by atoms with Gasteiger partial charge in [0.05, 0.1) is 13.5 Å². The van der Waals surface area contributed by atoms with Crippen LogP contribution in [-0.4, -0.2) is 147 Å². The smallest absolute Gasteiger partial charge is 0.329 e. The fourth-order valence-corrected chi connectivity index (χ4v) is 9.19. The first-order valence-electron chi connectivity index (χ1n) is 25.9. The lowest BCUT2D eigenvalue weighted by atomic mass is 9.95. The molecule has 2 heterocycles. The summed E-state index contributed by atoms with van der Waals surface area (Å²) in [6, 6.07) is 10.2. The maximum Gasteiger partial charge on any atom is 0.329 e. The number of phenolic OH excluding ortho intramolecular Hbond substituents is 1. The van der Waals surface area contributed by atoms with Crippen LogP contribution < -0.4 is 31.3 Å². The average Bonchev–Trinajstić information content (AvgIpc) is 3.39. The number of amides is 7. The van der Waals surface area contributed by atoms with Gasteiger partial charge in [-0.25, -0.2) is 4.79 Å². The number of carboxylic acid groups (broad SMARTS) is 1. The summed E-state index contributed by atoms with van der Waals surface area (Å²) >= 11 is 0. The topological polar surface area (TPSA) is 299 Å². The van der Waals surface area contributed by atoms with Crippen LogP contribution in [0.4, 0.5) is 0 Å². The van der Waals surface area contributed by atoms with Crippen molar-refractivity contribution in [3.8, 4) is 11.5 Å². The molecule has 412 valence electrons. The molecule has 2 fully saturated rings. The third-order valence-corrected chi connectivity index (χ3v) is 13.6. The van der Waals surface area contributed by atoms with E-state index in [2.05, 4.69) is 26.6 Å². The number of esters is 1. The maximum atomic E-state index is 15.2. The van der Waals surface area contributed by atoms with Crippen LogP contribution in [0.15, 0.2) is 78.9 Å². The summed E-state index contributed by atoms with van der Waals surface area (Å²) in [4.78, 5) is 130. The van der Waals surface area contributed by atoms with Gasteiger partial charge in [-0.1, -0.05) is 101 Å². The number of cyclic esters (lactones) is 1. The molecule has 0 aliphatic carbocycles. The summed E-state index contributed by atoms with van der Waals surface area (Å²) < 4.78 is 11.2. The number of carbonyl (C=O) groups excluding carboxylic acids is 8. The quantitative estimate of drug-likeness (QED) is 0.0632. The molecule has 21 heteroatoms. The number of carbonyl (C=O) groups is 9. The molecule has 5 rings (SSSR count). The Labute approximate surface area is 442 Å². The van der Waals surface area contributed by atoms with Gasteiger partial charge in [0.1, 0.15) is 66.1 Å². The number of aliphatic carboxylic acids is 1. The Hall–Kier alpha value is -7.55. The van der Waals surface area contributed by atoms with Crippen molar-refractivity contribution in [1.29, 1.82) is 0 Å². The third-order valence-electron chi connectivity index (χ3n) is 13.6. The van der Waals surface area contributed by atoms with Crippen molar-refractivity contribution >= 4 is 53.3 Å². The average molecular weight is 1060 g/mol. The number of aliphatic hydroxyl groups is 1. The van der Waals surface area contributed by atoms with Crippen LogP contribution in [0.2, 0.25) is 0 Å². The number of carboxylic acids is 1. The Morgan fingerprint density at radius 3 is 2.01 bits per heavy atom. The van der Waals surface area contributed by atoms with Gasteiger partial charge in [0.2, 0.25) is 41.4 Å². The fraction of sp³-hybridized carbons (Fsp3) is 0.509. The molecule has 8 N–H and O–H groups in total. The number of fused-ring (bicyclic) bond motifs is 2. The van der Waals surface area contributed by atoms with Gasteiger partial charge in [-0.2, -0.15) is 0 Å². The second-order valence-corrected chi connectivity index (χ2v) is 19.8. The number of hydrogen-bond donors (Lipinski definition) is 8. The van der Waals surface area contributed by atoms with Crippen LogP contribution >= 0.6 is 0 Å². The normalized spacial score (nSPS) is 23.4. The molecule has 9 unspecified atom stereocenters. The molecule has 2 aliphatic heterocycles. The van der Waals surface area contributed by atoms with Crippen LogP contribution in [0.25, 0.3) is 0 Å². The monoisotopic (exact) mass is 1060 g/mol. The molecule has 7 amide bonds. The lowest BCUT2D eigenvalue weighted by Crippen LogP contribution is -2.65. The van der Waals surface area contributed by atoms with Gasteiger partial charge in [0.25, 0.3) is 0 Å². The van der Waals surface area contributed by atoms with Crippen molar-refractivity contribution in [3.05, 3.63) is 95.6 Å². The van der Waals surface area contributed by atoms with E-state index in [1.165, 1.54) is 45.3 Å². The van der Waals surface area contributed by atoms with Crippen LogP contribution in [0.5, 0.6) is 11.5 Å². The first-order valence-corrected chi connectivity index (χ1v) is 25.9. The minimum absolute atomic E-state index is 0.0137. The fourth-order valence-electron chi connectivity index (χ4n) is 9.19. The highest BCUT2D eigenvalue weighted by Gasteiger charge is 2.46. The molecular weight excluding hydrogens is 983 g/mol. The summed E-state index contributed by atoms with van der Waals surface area (Å²) in [6.07, 6.45) is -0.819. The standard InChI is InChI=1S/C55H73N7O14/c1-7-8-9-10-14-17-44(64)56-41(31-46(66)67)50(69)60-48-33(4)76-55(74)47(32(2)3)59-51(70)42(29-36-20-24-38(75-6)25-21-36)61(5)54(73)43(30-34-15-12-11-13-16-34)62-45(65)27-26-39(53(62)72)57-49(68)40(58-52(48)71)28-35-18-22-37(63)23-19-35/h11-13,15-16,18-25,32-33,39-43,45,47-48,63,65H,7-10,14,17,26-31H2,1-6H3,(H,56,64)(H,57,68)(H,58,71)(H,59,70)(H,60,69)(H,66,67). The first kappa shape index (κ1) is 59.3. The largest absolute Gasteiger partial charge is 0.508 e. The zero-order valence-corrected chi connectivity index (χ0v) is 44.0. The molecule has 2 bridgehead atoms. The summed E-state index contributed by atoms with van der Waals surface area (Å²) in [6.45, 7) is 6.51. The van der Waals surface area contributed by atoms with E-state index in [1.807, 2.05) is 6.92 Å². The molecule has 0 spiro atoms. The molecular formula is C55H73N7O14. The Morgan fingerprint density at radius 2 is 1.38 bits per heavy atom. The predicted molar refractivity (Wildman–Crippen MR) is 277 cm³/mol. The molecule has 9 atom stereocenters. The SMILES string of the molecule is CCCCCCCC(=O)NC(CC(=O)O)C(=O)NC1C(=O)NC(Cc2ccc(O)cc2)C(=O)NC2CCC(O)N(C2=O)C(Cc2ccccc2)C(=O)N(C)C(Cc2ccc(OC)cc2)C(=O)NC(C(C)C)C(=O)OC1C. The number of benzene rings is 3. The van der Waals surface area contributed by atoms with E-state index in [0.29, 0.717) is 28.9 Å². The number of piperidine rings is 1. The predicted octanol–water partition coefficient (Wildman–Crippen LogP) is 2.43. The number of rotatable bonds is 19. The molecule has 76 heavy (non-hydrogen) atoms. The van der Waals surface area contributed by atoms with Crippen LogP contribution in [0.1, 0.15) is 102 Å². The molecule has 3 aromatic rings. The Kier molecular flexibility index (Phi) is 22.2. The summed E-state index contributed by atoms with van der Waals surface area (Å²) in [5.74, 6) is -9.04. The van der Waals surface area contributed by atoms with E-state index in [-0.39, 0.29) is 44.3 Å². The molecule has 2 saturated heterocycles. The van der Waals surface area contributed by atoms with E-state index in [9.17, 15) is 53.7 Å². The molecule has 3 aromatic carbocycles. The van der Waals surface area contributed by atoms with Gasteiger partial charge in [-0.15, -0.1) is 0 Å². The number of nitrogens with one attached hydrogen (secondary N) is 5. The second kappa shape index (κ2) is 28.4. The lowest BCUT2D eigenvalue weighted by Gasteiger charge is -2.43. The van der Waals surface area contributed by atoms with E-state index >= 15 is 4.79 Å². The number of unbranched alkanes of at least 4 members (excludes halogenated alkanes) is 4. The number of likely N-dealkylation sites (N-methyl/N-ethyl adjacent to an activating group) is 1. The zero-order valence-electron chi connectivity index (χ0n) is 44.0. The summed E-state index contributed by atoms with van der Waals surface area (Å²) in [5, 5.41) is 44.5. The van der Waals surface area contributed by atoms with Crippen molar-refractivity contribution < 1.29 is 67.9 Å². The number of phenols is 1. The number of ether oxygens (including phenoxy) is 2. The van der Waals surface area contributed by atoms with E-state index < -0.39 is 120 Å². The van der Waals surface area contributed by atoms with Gasteiger partial charge in [0.15, 0.2) is 0 Å². The molecule has 21 nitrogen and oxygen atoms in total. The number of methoxy groups -OCH3 is 1. The number of aliphatic hydroxyl groups excluding tert-OH is 1. The van der Waals surface area contributed by atoms with Crippen LogP contribution in [0, 0.1) is 5.92 Å². The van der Waals surface area contributed by atoms with E-state index in [0.717, 1.165) is 35.5 Å². The van der Waals surface area contributed by atoms with Crippen molar-refractivity contribution in [2.24, 2.45) is 5.92 Å². The van der Waals surface area contributed by atoms with E-state index in [4.69, 9.17) is 9.47 Å². The zero-order chi connectivity index (χ0) is 55.6. The van der Waals surface area contributed by atoms with Gasteiger partial charge in [0, 0.05) is 32.7 Å². The number of aromatic hydroxyl groups is 1. The van der Waals surface area contributed by atoms with Gasteiger partial charge >= 0.3 is 11.9 Å². The lowest BCUT2D eigenvalue weighted by molar-refractivity contribution is -0.165. The molecule has 0 saturated carbocycles. The van der Waals surface area contributed by atoms with Crippen LogP contribution in [-0.2, 0) is 67.2 Å². The van der Waals surface area contributed by atoms with Crippen molar-refractivity contribution in [2.75, 3.05) is 14.2 Å². The maximum absolute atomic E-state index is 15.2. The van der Waals surface area contributed by atoms with Gasteiger partial charge in [-0.3, -0.25) is 38.4 Å². The summed E-state index contributed by atoms with van der Waals surface area (Å²) in [5.41, 5.74) is 1.59. The number of nitrogens with zero attached hydrogens (tertiary/aromatic N) is 2. The molecule has 0 aromatic heterocycles. The molecule has 0 radical (unpaired) electrons. The van der Waals surface area contributed by atoms with Gasteiger partial charge in [-0.05, 0) is 73.1 Å². The van der Waals surface area contributed by atoms with Gasteiger partial charge < -0.3 is 61.2 Å².